The van der Waals surface area contributed by atoms with Crippen LogP contribution in [0, 0.1) is 10.1 Å². The van der Waals surface area contributed by atoms with Crippen LogP contribution < -0.4 is 15.6 Å². The summed E-state index contributed by atoms with van der Waals surface area (Å²) in [6.07, 6.45) is 0. The van der Waals surface area contributed by atoms with E-state index in [2.05, 4.69) is 10.9 Å². The lowest BCUT2D eigenvalue weighted by atomic mass is 10.2. The molecule has 0 aliphatic carbocycles. The molecule has 1 amide bonds. The van der Waals surface area contributed by atoms with E-state index in [-0.39, 0.29) is 11.6 Å². The number of nitrogens with zero attached hydrogens (tertiary/aromatic N) is 1. The number of rotatable bonds is 5. The second-order valence-electron chi connectivity index (χ2n) is 4.90. The molecule has 0 saturated heterocycles. The van der Waals surface area contributed by atoms with E-state index in [4.69, 9.17) is 4.74 Å². The van der Waals surface area contributed by atoms with Crippen molar-refractivity contribution in [2.45, 2.75) is 0 Å². The summed E-state index contributed by atoms with van der Waals surface area (Å²) < 4.78 is 6.15. The van der Waals surface area contributed by atoms with E-state index < -0.39 is 4.92 Å². The number of nitro groups is 1. The molecule has 3 rings (SSSR count). The molecule has 1 aromatic heterocycles. The number of fused-ring (bicyclic) bond motifs is 1. The van der Waals surface area contributed by atoms with Gasteiger partial charge in [0.2, 0.25) is 0 Å². The van der Waals surface area contributed by atoms with Crippen molar-refractivity contribution in [2.24, 2.45) is 0 Å². The van der Waals surface area contributed by atoms with E-state index in [9.17, 15) is 14.9 Å². The molecule has 8 heteroatoms. The monoisotopic (exact) mass is 343 g/mol. The van der Waals surface area contributed by atoms with Crippen molar-refractivity contribution in [3.05, 3.63) is 63.5 Å². The lowest BCUT2D eigenvalue weighted by molar-refractivity contribution is -0.384. The van der Waals surface area contributed by atoms with Gasteiger partial charge in [-0.3, -0.25) is 25.8 Å². The first kappa shape index (κ1) is 15.8. The molecule has 2 N–H and O–H groups in total. The van der Waals surface area contributed by atoms with Crippen LogP contribution in [0.15, 0.2) is 48.5 Å². The molecule has 24 heavy (non-hydrogen) atoms. The Balaban J connectivity index is 1.69. The van der Waals surface area contributed by atoms with E-state index in [1.165, 1.54) is 35.6 Å². The molecule has 7 nitrogen and oxygen atoms in total. The quantitative estimate of drug-likeness (QED) is 0.545. The summed E-state index contributed by atoms with van der Waals surface area (Å²) in [6, 6.07) is 13.2. The minimum absolute atomic E-state index is 0.00895. The van der Waals surface area contributed by atoms with Gasteiger partial charge in [0.25, 0.3) is 11.6 Å². The van der Waals surface area contributed by atoms with Gasteiger partial charge in [-0.05, 0) is 41.8 Å². The number of amides is 1. The molecule has 0 aliphatic rings. The summed E-state index contributed by atoms with van der Waals surface area (Å²) in [5.74, 6) is 0.449. The number of benzene rings is 2. The van der Waals surface area contributed by atoms with Gasteiger partial charge in [-0.2, -0.15) is 0 Å². The number of hydrazine groups is 1. The molecule has 0 bridgehead atoms. The van der Waals surface area contributed by atoms with Gasteiger partial charge < -0.3 is 4.74 Å². The Labute approximate surface area is 141 Å². The molecular weight excluding hydrogens is 330 g/mol. The average Bonchev–Trinajstić information content (AvgIpc) is 3.03. The number of carbonyl (C=O) groups excluding carboxylic acids is 1. The van der Waals surface area contributed by atoms with Crippen molar-refractivity contribution < 1.29 is 14.5 Å². The summed E-state index contributed by atoms with van der Waals surface area (Å²) in [4.78, 5) is 22.9. The predicted octanol–water partition coefficient (Wildman–Crippen LogP) is 3.58. The molecule has 122 valence electrons. The zero-order chi connectivity index (χ0) is 17.1. The largest absolute Gasteiger partial charge is 0.497 e. The maximum absolute atomic E-state index is 12.2. The number of thiophene rings is 1. The SMILES string of the molecule is COc1ccc2sc(C(=O)NNc3ccc([N+](=O)[O-])cc3)cc2c1. The van der Waals surface area contributed by atoms with Crippen molar-refractivity contribution in [2.75, 3.05) is 12.5 Å². The van der Waals surface area contributed by atoms with Gasteiger partial charge in [0.1, 0.15) is 5.75 Å². The lowest BCUT2D eigenvalue weighted by Crippen LogP contribution is -2.28. The number of nitrogens with one attached hydrogen (secondary N) is 2. The summed E-state index contributed by atoms with van der Waals surface area (Å²) >= 11 is 1.37. The van der Waals surface area contributed by atoms with E-state index in [1.807, 2.05) is 18.2 Å². The summed E-state index contributed by atoms with van der Waals surface area (Å²) in [6.45, 7) is 0. The number of carbonyl (C=O) groups is 1. The van der Waals surface area contributed by atoms with Crippen molar-refractivity contribution in [3.8, 4) is 5.75 Å². The van der Waals surface area contributed by atoms with Gasteiger partial charge >= 0.3 is 0 Å². The van der Waals surface area contributed by atoms with Crippen LogP contribution in [0.5, 0.6) is 5.75 Å². The van der Waals surface area contributed by atoms with Gasteiger partial charge in [-0.15, -0.1) is 11.3 Å². The maximum Gasteiger partial charge on any atom is 0.279 e. The summed E-state index contributed by atoms with van der Waals surface area (Å²) in [5.41, 5.74) is 5.85. The van der Waals surface area contributed by atoms with Crippen molar-refractivity contribution in [3.63, 3.8) is 0 Å². The van der Waals surface area contributed by atoms with Gasteiger partial charge in [0.05, 0.1) is 22.6 Å². The molecule has 0 atom stereocenters. The molecule has 0 saturated carbocycles. The second-order valence-corrected chi connectivity index (χ2v) is 5.98. The third kappa shape index (κ3) is 3.28. The number of hydrogen-bond acceptors (Lipinski definition) is 6. The molecule has 0 aliphatic heterocycles. The highest BCUT2D eigenvalue weighted by Gasteiger charge is 2.11. The predicted molar refractivity (Wildman–Crippen MR) is 92.6 cm³/mol. The van der Waals surface area contributed by atoms with Crippen LogP contribution in [0.1, 0.15) is 9.67 Å². The number of anilines is 1. The van der Waals surface area contributed by atoms with Crippen molar-refractivity contribution in [1.29, 1.82) is 0 Å². The standard InChI is InChI=1S/C16H13N3O4S/c1-23-13-6-7-14-10(8-13)9-15(24-14)16(20)18-17-11-2-4-12(5-3-11)19(21)22/h2-9,17H,1H3,(H,18,20). The molecular formula is C16H13N3O4S. The van der Waals surface area contributed by atoms with Crippen molar-refractivity contribution in [1.82, 2.24) is 5.43 Å². The maximum atomic E-state index is 12.2. The number of non-ortho nitro benzene ring substituents is 1. The Morgan fingerprint density at radius 1 is 1.17 bits per heavy atom. The Morgan fingerprint density at radius 3 is 2.58 bits per heavy atom. The number of nitro benzene ring substituents is 1. The normalized spacial score (nSPS) is 10.4. The lowest BCUT2D eigenvalue weighted by Gasteiger charge is -2.06. The first-order chi connectivity index (χ1) is 11.6. The number of methoxy groups -OCH3 is 1. The van der Waals surface area contributed by atoms with Crippen LogP contribution in [-0.4, -0.2) is 17.9 Å². The Bertz CT molecular complexity index is 905. The third-order valence-electron chi connectivity index (χ3n) is 3.35. The second kappa shape index (κ2) is 6.55. The Morgan fingerprint density at radius 2 is 1.92 bits per heavy atom. The number of ether oxygens (including phenoxy) is 1. The van der Waals surface area contributed by atoms with E-state index >= 15 is 0 Å². The fourth-order valence-electron chi connectivity index (χ4n) is 2.12. The molecule has 1 heterocycles. The molecule has 0 unspecified atom stereocenters. The number of hydrogen-bond donors (Lipinski definition) is 2. The van der Waals surface area contributed by atoms with Gasteiger partial charge in [0.15, 0.2) is 0 Å². The van der Waals surface area contributed by atoms with Crippen LogP contribution >= 0.6 is 11.3 Å². The minimum Gasteiger partial charge on any atom is -0.497 e. The average molecular weight is 343 g/mol. The van der Waals surface area contributed by atoms with E-state index in [1.54, 1.807) is 13.2 Å². The summed E-state index contributed by atoms with van der Waals surface area (Å²) in [5, 5.41) is 11.5. The zero-order valence-corrected chi connectivity index (χ0v) is 13.4. The van der Waals surface area contributed by atoms with Crippen LogP contribution in [0.25, 0.3) is 10.1 Å². The molecule has 2 aromatic carbocycles. The third-order valence-corrected chi connectivity index (χ3v) is 4.46. The molecule has 0 fully saturated rings. The topological polar surface area (TPSA) is 93.5 Å². The smallest absolute Gasteiger partial charge is 0.279 e. The molecule has 3 aromatic rings. The van der Waals surface area contributed by atoms with Crippen LogP contribution in [0.4, 0.5) is 11.4 Å². The highest BCUT2D eigenvalue weighted by molar-refractivity contribution is 7.20. The first-order valence-electron chi connectivity index (χ1n) is 6.95. The van der Waals surface area contributed by atoms with Gasteiger partial charge in [-0.25, -0.2) is 0 Å². The fraction of sp³-hybridized carbons (Fsp3) is 0.0625. The minimum atomic E-state index is -0.478. The van der Waals surface area contributed by atoms with Gasteiger partial charge in [-0.1, -0.05) is 0 Å². The molecule has 0 spiro atoms. The van der Waals surface area contributed by atoms with Gasteiger partial charge in [0, 0.05) is 16.8 Å². The Hall–Kier alpha value is -3.13. The van der Waals surface area contributed by atoms with E-state index in [0.717, 1.165) is 15.8 Å². The van der Waals surface area contributed by atoms with E-state index in [0.29, 0.717) is 10.6 Å². The first-order valence-corrected chi connectivity index (χ1v) is 7.77. The highest BCUT2D eigenvalue weighted by atomic mass is 32.1. The zero-order valence-electron chi connectivity index (χ0n) is 12.6. The van der Waals surface area contributed by atoms with Crippen LogP contribution in [0.2, 0.25) is 0 Å². The highest BCUT2D eigenvalue weighted by Crippen LogP contribution is 2.28. The summed E-state index contributed by atoms with van der Waals surface area (Å²) in [7, 11) is 1.59. The molecule has 0 radical (unpaired) electrons. The van der Waals surface area contributed by atoms with Crippen LogP contribution in [0.3, 0.4) is 0 Å². The fourth-order valence-corrected chi connectivity index (χ4v) is 3.06. The Kier molecular flexibility index (Phi) is 4.30. The van der Waals surface area contributed by atoms with Crippen LogP contribution in [-0.2, 0) is 0 Å². The van der Waals surface area contributed by atoms with Crippen molar-refractivity contribution >= 4 is 38.7 Å².